The van der Waals surface area contributed by atoms with Crippen molar-refractivity contribution in [1.82, 2.24) is 10.3 Å². The summed E-state index contributed by atoms with van der Waals surface area (Å²) in [5.41, 5.74) is 4.61. The molecular weight excluding hydrogens is 244 g/mol. The molecular formula is C15H17ClN2. The molecule has 0 spiro atoms. The average molecular weight is 261 g/mol. The zero-order chi connectivity index (χ0) is 13.0. The van der Waals surface area contributed by atoms with E-state index >= 15 is 0 Å². The van der Waals surface area contributed by atoms with E-state index < -0.39 is 0 Å². The Kier molecular flexibility index (Phi) is 4.34. The third kappa shape index (κ3) is 3.56. The van der Waals surface area contributed by atoms with Gasteiger partial charge in [0.2, 0.25) is 0 Å². The summed E-state index contributed by atoms with van der Waals surface area (Å²) in [5, 5.41) is 4.19. The van der Waals surface area contributed by atoms with Gasteiger partial charge in [0.05, 0.1) is 5.69 Å². The molecule has 0 aliphatic carbocycles. The monoisotopic (exact) mass is 260 g/mol. The number of aryl methyl sites for hydroxylation is 2. The molecule has 94 valence electrons. The molecule has 0 saturated heterocycles. The van der Waals surface area contributed by atoms with Crippen LogP contribution in [0.15, 0.2) is 36.4 Å². The predicted molar refractivity (Wildman–Crippen MR) is 75.7 cm³/mol. The molecule has 2 rings (SSSR count). The zero-order valence-electron chi connectivity index (χ0n) is 10.7. The number of hydrogen-bond donors (Lipinski definition) is 1. The molecule has 0 amide bonds. The van der Waals surface area contributed by atoms with Crippen LogP contribution in [0.3, 0.4) is 0 Å². The van der Waals surface area contributed by atoms with Crippen LogP contribution in [0.5, 0.6) is 0 Å². The van der Waals surface area contributed by atoms with Crippen molar-refractivity contribution >= 4 is 11.6 Å². The van der Waals surface area contributed by atoms with Crippen LogP contribution in [0, 0.1) is 13.8 Å². The maximum Gasteiger partial charge on any atom is 0.0544 e. The number of nitrogens with zero attached hydrogens (tertiary/aromatic N) is 1. The molecule has 18 heavy (non-hydrogen) atoms. The van der Waals surface area contributed by atoms with E-state index in [2.05, 4.69) is 23.3 Å². The van der Waals surface area contributed by atoms with Gasteiger partial charge in [-0.3, -0.25) is 4.98 Å². The third-order valence-electron chi connectivity index (χ3n) is 2.87. The maximum absolute atomic E-state index is 5.93. The van der Waals surface area contributed by atoms with Gasteiger partial charge in [-0.1, -0.05) is 23.7 Å². The van der Waals surface area contributed by atoms with E-state index in [4.69, 9.17) is 11.6 Å². The van der Waals surface area contributed by atoms with Gasteiger partial charge in [-0.25, -0.2) is 0 Å². The first-order valence-corrected chi connectivity index (χ1v) is 6.41. The third-order valence-corrected chi connectivity index (χ3v) is 3.11. The molecule has 0 saturated carbocycles. The van der Waals surface area contributed by atoms with Gasteiger partial charge in [0.1, 0.15) is 0 Å². The molecule has 0 radical (unpaired) electrons. The van der Waals surface area contributed by atoms with Crippen molar-refractivity contribution in [3.05, 3.63) is 63.9 Å². The van der Waals surface area contributed by atoms with E-state index in [1.807, 2.05) is 37.3 Å². The van der Waals surface area contributed by atoms with Gasteiger partial charge in [-0.2, -0.15) is 0 Å². The highest BCUT2D eigenvalue weighted by Gasteiger charge is 2.00. The van der Waals surface area contributed by atoms with Crippen molar-refractivity contribution in [3.63, 3.8) is 0 Å². The van der Waals surface area contributed by atoms with Crippen LogP contribution in [0.4, 0.5) is 0 Å². The second kappa shape index (κ2) is 5.98. The van der Waals surface area contributed by atoms with Gasteiger partial charge in [0.25, 0.3) is 0 Å². The summed E-state index contributed by atoms with van der Waals surface area (Å²) >= 11 is 5.93. The molecule has 2 nitrogen and oxygen atoms in total. The molecule has 1 N–H and O–H groups in total. The first-order chi connectivity index (χ1) is 8.65. The molecule has 0 unspecified atom stereocenters. The largest absolute Gasteiger partial charge is 0.307 e. The van der Waals surface area contributed by atoms with Gasteiger partial charge in [0.15, 0.2) is 0 Å². The Labute approximate surface area is 113 Å². The Balaban J connectivity index is 1.92. The number of pyridine rings is 1. The maximum atomic E-state index is 5.93. The lowest BCUT2D eigenvalue weighted by Gasteiger charge is -2.08. The van der Waals surface area contributed by atoms with Crippen LogP contribution in [0.1, 0.15) is 22.5 Å². The Morgan fingerprint density at radius 3 is 2.67 bits per heavy atom. The van der Waals surface area contributed by atoms with E-state index in [-0.39, 0.29) is 0 Å². The first kappa shape index (κ1) is 13.1. The summed E-state index contributed by atoms with van der Waals surface area (Å²) in [4.78, 5) is 4.46. The standard InChI is InChI=1S/C15H17ClN2/c1-11-8-14(16)7-6-13(11)9-17-10-15-5-3-4-12(2)18-15/h3-8,17H,9-10H2,1-2H3. The highest BCUT2D eigenvalue weighted by atomic mass is 35.5. The second-order valence-corrected chi connectivity index (χ2v) is 4.88. The quantitative estimate of drug-likeness (QED) is 0.908. The van der Waals surface area contributed by atoms with Crippen molar-refractivity contribution in [1.29, 1.82) is 0 Å². The minimum atomic E-state index is 0.781. The Morgan fingerprint density at radius 2 is 1.94 bits per heavy atom. The van der Waals surface area contributed by atoms with Gasteiger partial charge in [-0.05, 0) is 49.2 Å². The topological polar surface area (TPSA) is 24.9 Å². The van der Waals surface area contributed by atoms with Crippen molar-refractivity contribution in [3.8, 4) is 0 Å². The van der Waals surface area contributed by atoms with Crippen LogP contribution >= 0.6 is 11.6 Å². The van der Waals surface area contributed by atoms with Crippen molar-refractivity contribution < 1.29 is 0 Å². The lowest BCUT2D eigenvalue weighted by Crippen LogP contribution is -2.14. The molecule has 1 heterocycles. The van der Waals surface area contributed by atoms with Gasteiger partial charge in [-0.15, -0.1) is 0 Å². The van der Waals surface area contributed by atoms with Crippen molar-refractivity contribution in [2.24, 2.45) is 0 Å². The molecule has 0 aliphatic heterocycles. The van der Waals surface area contributed by atoms with Crippen LogP contribution in [0.2, 0.25) is 5.02 Å². The van der Waals surface area contributed by atoms with Crippen LogP contribution < -0.4 is 5.32 Å². The van der Waals surface area contributed by atoms with Crippen LogP contribution in [0.25, 0.3) is 0 Å². The highest BCUT2D eigenvalue weighted by molar-refractivity contribution is 6.30. The minimum Gasteiger partial charge on any atom is -0.307 e. The SMILES string of the molecule is Cc1cccc(CNCc2ccc(Cl)cc2C)n1. The van der Waals surface area contributed by atoms with E-state index in [1.165, 1.54) is 11.1 Å². The molecule has 0 atom stereocenters. The second-order valence-electron chi connectivity index (χ2n) is 4.44. The van der Waals surface area contributed by atoms with Crippen LogP contribution in [-0.2, 0) is 13.1 Å². The Hall–Kier alpha value is -1.38. The smallest absolute Gasteiger partial charge is 0.0544 e. The van der Waals surface area contributed by atoms with E-state index in [0.29, 0.717) is 0 Å². The minimum absolute atomic E-state index is 0.781. The molecule has 2 aromatic rings. The van der Waals surface area contributed by atoms with E-state index in [1.54, 1.807) is 0 Å². The highest BCUT2D eigenvalue weighted by Crippen LogP contribution is 2.15. The molecule has 0 aliphatic rings. The summed E-state index contributed by atoms with van der Waals surface area (Å²) in [7, 11) is 0. The number of hydrogen-bond acceptors (Lipinski definition) is 2. The molecule has 0 bridgehead atoms. The van der Waals surface area contributed by atoms with Gasteiger partial charge in [0, 0.05) is 23.8 Å². The van der Waals surface area contributed by atoms with E-state index in [9.17, 15) is 0 Å². The lowest BCUT2D eigenvalue weighted by atomic mass is 10.1. The average Bonchev–Trinajstić information content (AvgIpc) is 2.32. The number of rotatable bonds is 4. The van der Waals surface area contributed by atoms with E-state index in [0.717, 1.165) is 29.5 Å². The van der Waals surface area contributed by atoms with Gasteiger partial charge < -0.3 is 5.32 Å². The van der Waals surface area contributed by atoms with Gasteiger partial charge >= 0.3 is 0 Å². The Bertz CT molecular complexity index is 538. The zero-order valence-corrected chi connectivity index (χ0v) is 11.5. The predicted octanol–water partition coefficient (Wildman–Crippen LogP) is 3.64. The molecule has 0 fully saturated rings. The lowest BCUT2D eigenvalue weighted by molar-refractivity contribution is 0.676. The number of benzene rings is 1. The Morgan fingerprint density at radius 1 is 1.11 bits per heavy atom. The number of aromatic nitrogens is 1. The summed E-state index contributed by atoms with van der Waals surface area (Å²) in [6, 6.07) is 12.1. The summed E-state index contributed by atoms with van der Waals surface area (Å²) in [6.45, 7) is 5.70. The summed E-state index contributed by atoms with van der Waals surface area (Å²) < 4.78 is 0. The summed E-state index contributed by atoms with van der Waals surface area (Å²) in [6.07, 6.45) is 0. The first-order valence-electron chi connectivity index (χ1n) is 6.03. The fourth-order valence-electron chi connectivity index (χ4n) is 1.88. The number of nitrogens with one attached hydrogen (secondary N) is 1. The normalized spacial score (nSPS) is 10.6. The van der Waals surface area contributed by atoms with Crippen molar-refractivity contribution in [2.45, 2.75) is 26.9 Å². The van der Waals surface area contributed by atoms with Crippen molar-refractivity contribution in [2.75, 3.05) is 0 Å². The fraction of sp³-hybridized carbons (Fsp3) is 0.267. The summed E-state index contributed by atoms with van der Waals surface area (Å²) in [5.74, 6) is 0. The molecule has 3 heteroatoms. The van der Waals surface area contributed by atoms with Crippen LogP contribution in [-0.4, -0.2) is 4.98 Å². The number of halogens is 1. The molecule has 1 aromatic carbocycles. The fourth-order valence-corrected chi connectivity index (χ4v) is 2.11. The molecule has 1 aromatic heterocycles.